The molecule has 0 bridgehead atoms. The van der Waals surface area contributed by atoms with Crippen LogP contribution in [0.4, 0.5) is 10.1 Å². The Morgan fingerprint density at radius 2 is 1.75 bits per heavy atom. The number of anilines is 1. The lowest BCUT2D eigenvalue weighted by molar-refractivity contribution is -0.111. The maximum absolute atomic E-state index is 12.8. The minimum atomic E-state index is -0.356. The molecule has 0 atom stereocenters. The molecule has 122 valence electrons. The van der Waals surface area contributed by atoms with Gasteiger partial charge in [-0.15, -0.1) is 0 Å². The molecule has 4 nitrogen and oxygen atoms in total. The molecule has 5 heteroatoms. The molecule has 3 rings (SSSR count). The Labute approximate surface area is 139 Å². The number of hydrogen-bond acceptors (Lipinski definition) is 2. The van der Waals surface area contributed by atoms with Crippen LogP contribution >= 0.6 is 0 Å². The number of rotatable bonds is 5. The fourth-order valence-electron chi connectivity index (χ4n) is 2.20. The van der Waals surface area contributed by atoms with E-state index in [4.69, 9.17) is 0 Å². The van der Waals surface area contributed by atoms with Crippen molar-refractivity contribution in [2.24, 2.45) is 0 Å². The van der Waals surface area contributed by atoms with E-state index in [0.717, 1.165) is 12.8 Å². The van der Waals surface area contributed by atoms with Gasteiger partial charge in [0.25, 0.3) is 5.91 Å². The highest BCUT2D eigenvalue weighted by molar-refractivity contribution is 6.07. The summed E-state index contributed by atoms with van der Waals surface area (Å²) in [4.78, 5) is 24.3. The number of hydrogen-bond donors (Lipinski definition) is 2. The first kappa shape index (κ1) is 15.9. The van der Waals surface area contributed by atoms with Crippen LogP contribution < -0.4 is 10.6 Å². The molecule has 0 radical (unpaired) electrons. The van der Waals surface area contributed by atoms with Crippen LogP contribution in [-0.4, -0.2) is 17.9 Å². The van der Waals surface area contributed by atoms with Gasteiger partial charge in [0.1, 0.15) is 5.82 Å². The van der Waals surface area contributed by atoms with Gasteiger partial charge >= 0.3 is 0 Å². The molecule has 2 aromatic carbocycles. The van der Waals surface area contributed by atoms with Crippen molar-refractivity contribution in [3.05, 3.63) is 71.6 Å². The van der Waals surface area contributed by atoms with Gasteiger partial charge in [0.15, 0.2) is 0 Å². The summed E-state index contributed by atoms with van der Waals surface area (Å²) in [5, 5.41) is 5.61. The summed E-state index contributed by atoms with van der Waals surface area (Å²) in [6.45, 7) is 0. The summed E-state index contributed by atoms with van der Waals surface area (Å²) in [7, 11) is 0. The third-order valence-electron chi connectivity index (χ3n) is 3.64. The zero-order valence-electron chi connectivity index (χ0n) is 13.0. The first-order valence-electron chi connectivity index (χ1n) is 7.76. The predicted molar refractivity (Wildman–Crippen MR) is 91.0 cm³/mol. The number of amides is 2. The second-order valence-electron chi connectivity index (χ2n) is 5.67. The summed E-state index contributed by atoms with van der Waals surface area (Å²) in [5.41, 5.74) is 1.61. The summed E-state index contributed by atoms with van der Waals surface area (Å²) < 4.78 is 12.8. The Hall–Kier alpha value is -2.95. The predicted octanol–water partition coefficient (Wildman–Crippen LogP) is 3.37. The molecule has 0 heterocycles. The van der Waals surface area contributed by atoms with E-state index in [2.05, 4.69) is 10.6 Å². The van der Waals surface area contributed by atoms with Gasteiger partial charge in [-0.1, -0.05) is 24.3 Å². The third-order valence-corrected chi connectivity index (χ3v) is 3.64. The zero-order chi connectivity index (χ0) is 16.9. The quantitative estimate of drug-likeness (QED) is 0.829. The number of para-hydroxylation sites is 1. The van der Waals surface area contributed by atoms with Gasteiger partial charge in [-0.25, -0.2) is 4.39 Å². The van der Waals surface area contributed by atoms with Crippen molar-refractivity contribution in [1.82, 2.24) is 5.32 Å². The molecule has 0 aromatic heterocycles. The van der Waals surface area contributed by atoms with Crippen LogP contribution in [0.1, 0.15) is 28.8 Å². The van der Waals surface area contributed by atoms with Gasteiger partial charge in [-0.2, -0.15) is 0 Å². The number of carbonyl (C=O) groups excluding carboxylic acids is 2. The number of halogens is 1. The van der Waals surface area contributed by atoms with E-state index in [9.17, 15) is 14.0 Å². The first-order chi connectivity index (χ1) is 11.6. The summed E-state index contributed by atoms with van der Waals surface area (Å²) in [6.07, 6.45) is 4.94. The Morgan fingerprint density at radius 3 is 2.46 bits per heavy atom. The summed E-state index contributed by atoms with van der Waals surface area (Å²) in [5.74, 6) is -0.867. The number of benzene rings is 2. The van der Waals surface area contributed by atoms with Crippen LogP contribution in [0, 0.1) is 5.82 Å². The Bertz CT molecular complexity index is 780. The Morgan fingerprint density at radius 1 is 1.04 bits per heavy atom. The van der Waals surface area contributed by atoms with Crippen LogP contribution in [-0.2, 0) is 4.79 Å². The maximum atomic E-state index is 12.8. The van der Waals surface area contributed by atoms with Crippen LogP contribution in [0.3, 0.4) is 0 Å². The molecule has 2 N–H and O–H groups in total. The van der Waals surface area contributed by atoms with E-state index in [1.54, 1.807) is 42.5 Å². The average molecular weight is 324 g/mol. The minimum Gasteiger partial charge on any atom is -0.349 e. The first-order valence-corrected chi connectivity index (χ1v) is 7.76. The summed E-state index contributed by atoms with van der Waals surface area (Å²) in [6, 6.07) is 12.9. The molecule has 1 aliphatic rings. The van der Waals surface area contributed by atoms with E-state index in [1.165, 1.54) is 18.2 Å². The van der Waals surface area contributed by atoms with Gasteiger partial charge < -0.3 is 10.6 Å². The second-order valence-corrected chi connectivity index (χ2v) is 5.67. The zero-order valence-corrected chi connectivity index (χ0v) is 13.0. The molecule has 1 saturated carbocycles. The van der Waals surface area contributed by atoms with Crippen LogP contribution in [0.15, 0.2) is 54.6 Å². The van der Waals surface area contributed by atoms with Crippen molar-refractivity contribution in [3.63, 3.8) is 0 Å². The molecule has 0 saturated heterocycles. The summed E-state index contributed by atoms with van der Waals surface area (Å²) >= 11 is 0. The topological polar surface area (TPSA) is 58.2 Å². The second kappa shape index (κ2) is 7.08. The molecule has 2 amide bonds. The lowest BCUT2D eigenvalue weighted by Gasteiger charge is -2.09. The number of carbonyl (C=O) groups is 2. The SMILES string of the molecule is O=C(/C=C/c1ccc(F)cc1)Nc1ccccc1C(=O)NC1CC1. The van der Waals surface area contributed by atoms with Crippen LogP contribution in [0.2, 0.25) is 0 Å². The molecular formula is C19H17FN2O2. The van der Waals surface area contributed by atoms with Crippen molar-refractivity contribution in [2.45, 2.75) is 18.9 Å². The van der Waals surface area contributed by atoms with E-state index < -0.39 is 0 Å². The standard InChI is InChI=1S/C19H17FN2O2/c20-14-8-5-13(6-9-14)7-12-18(23)22-17-4-2-1-3-16(17)19(24)21-15-10-11-15/h1-9,12,15H,10-11H2,(H,21,24)(H,22,23)/b12-7+. The largest absolute Gasteiger partial charge is 0.349 e. The van der Waals surface area contributed by atoms with Crippen molar-refractivity contribution in [1.29, 1.82) is 0 Å². The number of nitrogens with one attached hydrogen (secondary N) is 2. The van der Waals surface area contributed by atoms with Gasteiger partial charge in [0.2, 0.25) is 5.91 Å². The maximum Gasteiger partial charge on any atom is 0.253 e. The van der Waals surface area contributed by atoms with Crippen molar-refractivity contribution < 1.29 is 14.0 Å². The van der Waals surface area contributed by atoms with Crippen LogP contribution in [0.25, 0.3) is 6.08 Å². The Kier molecular flexibility index (Phi) is 4.70. The Balaban J connectivity index is 1.67. The molecule has 0 unspecified atom stereocenters. The molecule has 24 heavy (non-hydrogen) atoms. The highest BCUT2D eigenvalue weighted by atomic mass is 19.1. The van der Waals surface area contributed by atoms with Crippen molar-refractivity contribution in [2.75, 3.05) is 5.32 Å². The van der Waals surface area contributed by atoms with Gasteiger partial charge in [-0.05, 0) is 48.7 Å². The minimum absolute atomic E-state index is 0.184. The van der Waals surface area contributed by atoms with E-state index in [1.807, 2.05) is 0 Å². The highest BCUT2D eigenvalue weighted by Gasteiger charge is 2.24. The molecule has 0 aliphatic heterocycles. The van der Waals surface area contributed by atoms with Crippen molar-refractivity contribution >= 4 is 23.6 Å². The average Bonchev–Trinajstić information content (AvgIpc) is 3.39. The van der Waals surface area contributed by atoms with Crippen LogP contribution in [0.5, 0.6) is 0 Å². The third kappa shape index (κ3) is 4.29. The molecule has 1 aliphatic carbocycles. The lowest BCUT2D eigenvalue weighted by Crippen LogP contribution is -2.26. The fraction of sp³-hybridized carbons (Fsp3) is 0.158. The van der Waals surface area contributed by atoms with E-state index in [0.29, 0.717) is 16.8 Å². The lowest BCUT2D eigenvalue weighted by atomic mass is 10.1. The molecule has 0 spiro atoms. The van der Waals surface area contributed by atoms with Crippen molar-refractivity contribution in [3.8, 4) is 0 Å². The highest BCUT2D eigenvalue weighted by Crippen LogP contribution is 2.21. The smallest absolute Gasteiger partial charge is 0.253 e. The van der Waals surface area contributed by atoms with E-state index >= 15 is 0 Å². The fourth-order valence-corrected chi connectivity index (χ4v) is 2.20. The van der Waals surface area contributed by atoms with Gasteiger partial charge in [0, 0.05) is 12.1 Å². The normalized spacial score (nSPS) is 13.7. The molecular weight excluding hydrogens is 307 g/mol. The van der Waals surface area contributed by atoms with Gasteiger partial charge in [0.05, 0.1) is 11.3 Å². The molecule has 1 fully saturated rings. The molecule has 2 aromatic rings. The van der Waals surface area contributed by atoms with Gasteiger partial charge in [-0.3, -0.25) is 9.59 Å². The van der Waals surface area contributed by atoms with E-state index in [-0.39, 0.29) is 23.7 Å². The monoisotopic (exact) mass is 324 g/mol.